The first-order chi connectivity index (χ1) is 8.65. The summed E-state index contributed by atoms with van der Waals surface area (Å²) in [6.07, 6.45) is 1.88. The zero-order chi connectivity index (χ0) is 13.0. The van der Waals surface area contributed by atoms with E-state index in [1.165, 1.54) is 6.07 Å². The first-order valence-electron chi connectivity index (χ1n) is 5.87. The van der Waals surface area contributed by atoms with E-state index in [2.05, 4.69) is 20.3 Å². The number of nitrogens with zero attached hydrogens (tertiary/aromatic N) is 2. The molecule has 0 aliphatic carbocycles. The Bertz CT molecular complexity index is 580. The average molecular weight is 248 g/mol. The van der Waals surface area contributed by atoms with Crippen molar-refractivity contribution < 1.29 is 4.74 Å². The van der Waals surface area contributed by atoms with E-state index >= 15 is 0 Å². The number of pyridine rings is 1. The molecule has 0 saturated carbocycles. The number of anilines is 1. The Morgan fingerprint density at radius 3 is 3.06 bits per heavy atom. The third-order valence-corrected chi connectivity index (χ3v) is 2.31. The fourth-order valence-electron chi connectivity index (χ4n) is 1.48. The van der Waals surface area contributed by atoms with E-state index in [1.807, 2.05) is 13.8 Å². The number of hydrogen-bond donors (Lipinski definition) is 2. The minimum Gasteiger partial charge on any atom is -0.377 e. The quantitative estimate of drug-likeness (QED) is 0.776. The number of aromatic nitrogens is 3. The molecule has 0 unspecified atom stereocenters. The molecule has 6 nitrogen and oxygen atoms in total. The number of ether oxygens (including phenoxy) is 1. The van der Waals surface area contributed by atoms with Crippen LogP contribution in [-0.2, 0) is 4.74 Å². The summed E-state index contributed by atoms with van der Waals surface area (Å²) in [7, 11) is 0. The predicted octanol–water partition coefficient (Wildman–Crippen LogP) is 1.15. The molecule has 2 heterocycles. The number of H-pyrrole nitrogens is 1. The Hall–Kier alpha value is -1.95. The third-order valence-electron chi connectivity index (χ3n) is 2.31. The second-order valence-corrected chi connectivity index (χ2v) is 4.17. The number of rotatable bonds is 5. The van der Waals surface area contributed by atoms with Gasteiger partial charge in [-0.25, -0.2) is 4.98 Å². The normalized spacial score (nSPS) is 11.1. The van der Waals surface area contributed by atoms with E-state index in [0.717, 1.165) is 5.39 Å². The first kappa shape index (κ1) is 12.5. The van der Waals surface area contributed by atoms with Gasteiger partial charge in [0.15, 0.2) is 0 Å². The summed E-state index contributed by atoms with van der Waals surface area (Å²) in [5.74, 6) is 0.483. The maximum Gasteiger partial charge on any atom is 0.249 e. The Labute approximate surface area is 104 Å². The average Bonchev–Trinajstić information content (AvgIpc) is 2.34. The summed E-state index contributed by atoms with van der Waals surface area (Å²) in [4.78, 5) is 22.2. The summed E-state index contributed by atoms with van der Waals surface area (Å²) in [5.41, 5.74) is 0.361. The van der Waals surface area contributed by atoms with Crippen LogP contribution in [0.4, 0.5) is 5.95 Å². The van der Waals surface area contributed by atoms with Crippen LogP contribution >= 0.6 is 0 Å². The molecule has 0 aliphatic heterocycles. The Balaban J connectivity index is 2.03. The van der Waals surface area contributed by atoms with Crippen molar-refractivity contribution in [3.63, 3.8) is 0 Å². The molecular weight excluding hydrogens is 232 g/mol. The molecule has 0 amide bonds. The van der Waals surface area contributed by atoms with Gasteiger partial charge in [-0.2, -0.15) is 4.98 Å². The predicted molar refractivity (Wildman–Crippen MR) is 69.7 cm³/mol. The lowest BCUT2D eigenvalue weighted by Crippen LogP contribution is -2.15. The van der Waals surface area contributed by atoms with E-state index in [4.69, 9.17) is 4.74 Å². The lowest BCUT2D eigenvalue weighted by atomic mass is 10.3. The lowest BCUT2D eigenvalue weighted by Gasteiger charge is -2.08. The van der Waals surface area contributed by atoms with E-state index in [9.17, 15) is 4.79 Å². The zero-order valence-corrected chi connectivity index (χ0v) is 10.4. The number of aromatic amines is 1. The van der Waals surface area contributed by atoms with Crippen LogP contribution in [0.2, 0.25) is 0 Å². The van der Waals surface area contributed by atoms with Gasteiger partial charge in [-0.05, 0) is 19.9 Å². The van der Waals surface area contributed by atoms with Crippen molar-refractivity contribution in [2.24, 2.45) is 0 Å². The molecule has 0 radical (unpaired) electrons. The number of hydrogen-bond acceptors (Lipinski definition) is 5. The largest absolute Gasteiger partial charge is 0.377 e. The molecule has 0 saturated heterocycles. The minimum absolute atomic E-state index is 0.171. The van der Waals surface area contributed by atoms with Crippen molar-refractivity contribution in [2.45, 2.75) is 20.0 Å². The van der Waals surface area contributed by atoms with Gasteiger partial charge in [0.2, 0.25) is 11.5 Å². The van der Waals surface area contributed by atoms with Crippen molar-refractivity contribution in [3.8, 4) is 0 Å². The van der Waals surface area contributed by atoms with Crippen LogP contribution in [0.5, 0.6) is 0 Å². The smallest absolute Gasteiger partial charge is 0.249 e. The van der Waals surface area contributed by atoms with Crippen molar-refractivity contribution in [1.82, 2.24) is 15.0 Å². The highest BCUT2D eigenvalue weighted by Crippen LogP contribution is 2.07. The summed E-state index contributed by atoms with van der Waals surface area (Å²) in [6, 6.07) is 3.15. The fourth-order valence-corrected chi connectivity index (χ4v) is 1.48. The molecule has 18 heavy (non-hydrogen) atoms. The topological polar surface area (TPSA) is 79.9 Å². The van der Waals surface area contributed by atoms with Crippen LogP contribution in [0.3, 0.4) is 0 Å². The van der Waals surface area contributed by atoms with Crippen molar-refractivity contribution in [1.29, 1.82) is 0 Å². The molecule has 2 aromatic heterocycles. The second-order valence-electron chi connectivity index (χ2n) is 4.17. The van der Waals surface area contributed by atoms with Gasteiger partial charge in [0, 0.05) is 24.2 Å². The van der Waals surface area contributed by atoms with Gasteiger partial charge in [-0.1, -0.05) is 0 Å². The van der Waals surface area contributed by atoms with Crippen molar-refractivity contribution in [2.75, 3.05) is 18.5 Å². The molecule has 0 spiro atoms. The SMILES string of the molecule is CC(C)OCCNc1ncc2ccc(=O)[nH]c2n1. The summed E-state index contributed by atoms with van der Waals surface area (Å²) in [6.45, 7) is 5.18. The van der Waals surface area contributed by atoms with Crippen LogP contribution in [0.15, 0.2) is 23.1 Å². The first-order valence-corrected chi connectivity index (χ1v) is 5.87. The highest BCUT2D eigenvalue weighted by molar-refractivity contribution is 5.74. The van der Waals surface area contributed by atoms with Crippen LogP contribution in [0.25, 0.3) is 11.0 Å². The van der Waals surface area contributed by atoms with Gasteiger partial charge in [-0.3, -0.25) is 4.79 Å². The van der Waals surface area contributed by atoms with E-state index in [1.54, 1.807) is 12.3 Å². The maximum absolute atomic E-state index is 11.2. The molecule has 0 atom stereocenters. The van der Waals surface area contributed by atoms with Crippen LogP contribution in [-0.4, -0.2) is 34.2 Å². The lowest BCUT2D eigenvalue weighted by molar-refractivity contribution is 0.0870. The van der Waals surface area contributed by atoms with Crippen molar-refractivity contribution in [3.05, 3.63) is 28.7 Å². The summed E-state index contributed by atoms with van der Waals surface area (Å²) in [5, 5.41) is 3.85. The van der Waals surface area contributed by atoms with Gasteiger partial charge in [0.05, 0.1) is 12.7 Å². The Morgan fingerprint density at radius 2 is 2.28 bits per heavy atom. The molecule has 0 aliphatic rings. The van der Waals surface area contributed by atoms with Gasteiger partial charge in [0.25, 0.3) is 0 Å². The molecule has 2 N–H and O–H groups in total. The molecule has 6 heteroatoms. The summed E-state index contributed by atoms with van der Waals surface area (Å²) < 4.78 is 5.39. The van der Waals surface area contributed by atoms with Crippen molar-refractivity contribution >= 4 is 17.0 Å². The molecule has 96 valence electrons. The minimum atomic E-state index is -0.171. The van der Waals surface area contributed by atoms with Gasteiger partial charge < -0.3 is 15.0 Å². The highest BCUT2D eigenvalue weighted by Gasteiger charge is 2.00. The zero-order valence-electron chi connectivity index (χ0n) is 10.4. The van der Waals surface area contributed by atoms with Crippen LogP contribution in [0, 0.1) is 0 Å². The Kier molecular flexibility index (Phi) is 3.88. The number of nitrogens with one attached hydrogen (secondary N) is 2. The summed E-state index contributed by atoms with van der Waals surface area (Å²) >= 11 is 0. The third kappa shape index (κ3) is 3.27. The monoisotopic (exact) mass is 248 g/mol. The van der Waals surface area contributed by atoms with Gasteiger partial charge >= 0.3 is 0 Å². The Morgan fingerprint density at radius 1 is 1.44 bits per heavy atom. The molecular formula is C12H16N4O2. The molecule has 2 aromatic rings. The molecule has 0 bridgehead atoms. The molecule has 2 rings (SSSR count). The standard InChI is InChI=1S/C12H16N4O2/c1-8(2)18-6-5-13-12-14-7-9-3-4-10(17)15-11(9)16-12/h3-4,7-8H,5-6H2,1-2H3,(H2,13,14,15,16,17). The van der Waals surface area contributed by atoms with Crippen LogP contribution in [0.1, 0.15) is 13.8 Å². The van der Waals surface area contributed by atoms with E-state index in [-0.39, 0.29) is 11.7 Å². The fraction of sp³-hybridized carbons (Fsp3) is 0.417. The van der Waals surface area contributed by atoms with Gasteiger partial charge in [-0.15, -0.1) is 0 Å². The van der Waals surface area contributed by atoms with Crippen LogP contribution < -0.4 is 10.9 Å². The highest BCUT2D eigenvalue weighted by atomic mass is 16.5. The molecule has 0 fully saturated rings. The number of fused-ring (bicyclic) bond motifs is 1. The van der Waals surface area contributed by atoms with Gasteiger partial charge in [0.1, 0.15) is 5.65 Å². The second kappa shape index (κ2) is 5.59. The molecule has 0 aromatic carbocycles. The van der Waals surface area contributed by atoms with E-state index in [0.29, 0.717) is 24.7 Å². The van der Waals surface area contributed by atoms with E-state index < -0.39 is 0 Å². The maximum atomic E-state index is 11.2.